The Balaban J connectivity index is 1.70. The van der Waals surface area contributed by atoms with E-state index in [1.54, 1.807) is 18.2 Å². The molecule has 0 aliphatic rings. The number of ether oxygens (including phenoxy) is 1. The van der Waals surface area contributed by atoms with Crippen LogP contribution in [-0.2, 0) is 22.6 Å². The average molecular weight is 433 g/mol. The molecule has 0 fully saturated rings. The fraction of sp³-hybridized carbons (Fsp3) is 0.167. The van der Waals surface area contributed by atoms with Gasteiger partial charge in [0.25, 0.3) is 5.69 Å². The number of rotatable bonds is 8. The second-order valence-electron chi connectivity index (χ2n) is 7.25. The van der Waals surface area contributed by atoms with Crippen LogP contribution in [-0.4, -0.2) is 23.0 Å². The lowest BCUT2D eigenvalue weighted by atomic mass is 10.0. The van der Waals surface area contributed by atoms with E-state index in [0.717, 1.165) is 11.1 Å². The van der Waals surface area contributed by atoms with Gasteiger partial charge >= 0.3 is 6.09 Å². The highest BCUT2D eigenvalue weighted by molar-refractivity contribution is 5.96. The van der Waals surface area contributed by atoms with Crippen molar-refractivity contribution in [3.05, 3.63) is 106 Å². The Morgan fingerprint density at radius 3 is 2.34 bits per heavy atom. The van der Waals surface area contributed by atoms with Gasteiger partial charge in [-0.05, 0) is 35.7 Å². The van der Waals surface area contributed by atoms with E-state index in [4.69, 9.17) is 4.74 Å². The quantitative estimate of drug-likeness (QED) is 0.405. The Hall–Kier alpha value is -4.20. The van der Waals surface area contributed by atoms with Gasteiger partial charge in [-0.2, -0.15) is 0 Å². The van der Waals surface area contributed by atoms with Gasteiger partial charge < -0.3 is 15.4 Å². The van der Waals surface area contributed by atoms with Gasteiger partial charge in [-0.3, -0.25) is 14.9 Å². The number of carbonyl (C=O) groups is 2. The maximum atomic E-state index is 12.9. The van der Waals surface area contributed by atoms with Crippen molar-refractivity contribution in [2.24, 2.45) is 0 Å². The fourth-order valence-electron chi connectivity index (χ4n) is 3.06. The molecule has 3 aromatic carbocycles. The Morgan fingerprint density at radius 2 is 1.69 bits per heavy atom. The Morgan fingerprint density at radius 1 is 0.969 bits per heavy atom. The van der Waals surface area contributed by atoms with Crippen LogP contribution in [0.25, 0.3) is 0 Å². The fourth-order valence-corrected chi connectivity index (χ4v) is 3.06. The highest BCUT2D eigenvalue weighted by Gasteiger charge is 2.23. The molecule has 2 amide bonds. The molecule has 0 saturated carbocycles. The summed E-state index contributed by atoms with van der Waals surface area (Å²) in [6.07, 6.45) is -0.601. The summed E-state index contributed by atoms with van der Waals surface area (Å²) in [5.41, 5.74) is 3.00. The molecule has 0 spiro atoms. The number of carbonyl (C=O) groups excluding carboxylic acids is 2. The Kier molecular flexibility index (Phi) is 7.53. The molecule has 2 N–H and O–H groups in total. The number of hydrogen-bond acceptors (Lipinski definition) is 5. The minimum Gasteiger partial charge on any atom is -0.445 e. The number of benzene rings is 3. The maximum Gasteiger partial charge on any atom is 0.408 e. The summed E-state index contributed by atoms with van der Waals surface area (Å²) in [4.78, 5) is 35.7. The van der Waals surface area contributed by atoms with E-state index in [9.17, 15) is 19.7 Å². The molecule has 0 heterocycles. The lowest BCUT2D eigenvalue weighted by Gasteiger charge is -2.19. The summed E-state index contributed by atoms with van der Waals surface area (Å²) in [6, 6.07) is 21.4. The zero-order valence-corrected chi connectivity index (χ0v) is 17.5. The molecule has 0 unspecified atom stereocenters. The molecule has 3 rings (SSSR count). The number of anilines is 1. The number of nitro groups is 1. The molecule has 3 aromatic rings. The normalized spacial score (nSPS) is 11.3. The van der Waals surface area contributed by atoms with Crippen molar-refractivity contribution in [1.29, 1.82) is 0 Å². The standard InChI is InChI=1S/C24H23N3O5/c1-17-6-5-9-20(14-17)25-23(28)22(15-18-10-12-21(13-11-18)27(30)31)26-24(29)32-16-19-7-3-2-4-8-19/h2-14,22H,15-16H2,1H3,(H,25,28)(H,26,29)/t22-/m1/s1. The lowest BCUT2D eigenvalue weighted by Crippen LogP contribution is -2.45. The first-order valence-corrected chi connectivity index (χ1v) is 9.99. The van der Waals surface area contributed by atoms with Crippen molar-refractivity contribution < 1.29 is 19.2 Å². The van der Waals surface area contributed by atoms with Crippen molar-refractivity contribution in [3.8, 4) is 0 Å². The predicted octanol–water partition coefficient (Wildman–Crippen LogP) is 4.38. The molecule has 0 aliphatic carbocycles. The van der Waals surface area contributed by atoms with Crippen molar-refractivity contribution in [1.82, 2.24) is 5.32 Å². The molecule has 0 aliphatic heterocycles. The number of hydrogen-bond donors (Lipinski definition) is 2. The van der Waals surface area contributed by atoms with Gasteiger partial charge in [0.2, 0.25) is 5.91 Å². The van der Waals surface area contributed by atoms with Gasteiger partial charge in [-0.25, -0.2) is 4.79 Å². The van der Waals surface area contributed by atoms with E-state index in [1.165, 1.54) is 12.1 Å². The molecule has 0 saturated heterocycles. The zero-order chi connectivity index (χ0) is 22.9. The first-order valence-electron chi connectivity index (χ1n) is 9.99. The predicted molar refractivity (Wildman–Crippen MR) is 120 cm³/mol. The number of nitro benzene ring substituents is 1. The van der Waals surface area contributed by atoms with Crippen LogP contribution in [0.4, 0.5) is 16.2 Å². The SMILES string of the molecule is Cc1cccc(NC(=O)[C@@H](Cc2ccc([N+](=O)[O-])cc2)NC(=O)OCc2ccccc2)c1. The van der Waals surface area contributed by atoms with Crippen LogP contribution in [0.3, 0.4) is 0 Å². The van der Waals surface area contributed by atoms with E-state index in [1.807, 2.05) is 55.5 Å². The molecule has 0 bridgehead atoms. The average Bonchev–Trinajstić information content (AvgIpc) is 2.78. The Labute approximate surface area is 185 Å². The van der Waals surface area contributed by atoms with Crippen LogP contribution >= 0.6 is 0 Å². The van der Waals surface area contributed by atoms with Crippen LogP contribution in [0.15, 0.2) is 78.9 Å². The van der Waals surface area contributed by atoms with Gasteiger partial charge in [-0.1, -0.05) is 54.6 Å². The summed E-state index contributed by atoms with van der Waals surface area (Å²) in [7, 11) is 0. The van der Waals surface area contributed by atoms with Crippen LogP contribution in [0.1, 0.15) is 16.7 Å². The molecular weight excluding hydrogens is 410 g/mol. The van der Waals surface area contributed by atoms with Crippen molar-refractivity contribution in [3.63, 3.8) is 0 Å². The third-order valence-electron chi connectivity index (χ3n) is 4.69. The zero-order valence-electron chi connectivity index (χ0n) is 17.5. The number of nitrogens with one attached hydrogen (secondary N) is 2. The van der Waals surface area contributed by atoms with Crippen LogP contribution < -0.4 is 10.6 Å². The third-order valence-corrected chi connectivity index (χ3v) is 4.69. The summed E-state index contributed by atoms with van der Waals surface area (Å²) >= 11 is 0. The minimum atomic E-state index is -0.944. The maximum absolute atomic E-state index is 12.9. The van der Waals surface area contributed by atoms with Gasteiger partial charge in [0.05, 0.1) is 4.92 Å². The minimum absolute atomic E-state index is 0.0512. The molecule has 0 radical (unpaired) electrons. The first-order chi connectivity index (χ1) is 15.4. The number of amides is 2. The number of alkyl carbamates (subject to hydrolysis) is 1. The highest BCUT2D eigenvalue weighted by atomic mass is 16.6. The molecule has 32 heavy (non-hydrogen) atoms. The van der Waals surface area contributed by atoms with E-state index >= 15 is 0 Å². The highest BCUT2D eigenvalue weighted by Crippen LogP contribution is 2.15. The summed E-state index contributed by atoms with van der Waals surface area (Å²) in [5.74, 6) is -0.425. The van der Waals surface area contributed by atoms with E-state index < -0.39 is 23.0 Å². The van der Waals surface area contributed by atoms with Crippen molar-refractivity contribution in [2.75, 3.05) is 5.32 Å². The second-order valence-corrected chi connectivity index (χ2v) is 7.25. The first kappa shape index (κ1) is 22.5. The van der Waals surface area contributed by atoms with Crippen LogP contribution in [0, 0.1) is 17.0 Å². The lowest BCUT2D eigenvalue weighted by molar-refractivity contribution is -0.384. The molecular formula is C24H23N3O5. The molecule has 164 valence electrons. The third kappa shape index (κ3) is 6.66. The van der Waals surface area contributed by atoms with Gasteiger partial charge in [0, 0.05) is 24.2 Å². The summed E-state index contributed by atoms with van der Waals surface area (Å²) in [5, 5.41) is 16.3. The van der Waals surface area contributed by atoms with Crippen molar-refractivity contribution in [2.45, 2.75) is 26.0 Å². The van der Waals surface area contributed by atoms with Gasteiger partial charge in [0.15, 0.2) is 0 Å². The van der Waals surface area contributed by atoms with Crippen LogP contribution in [0.2, 0.25) is 0 Å². The largest absolute Gasteiger partial charge is 0.445 e. The summed E-state index contributed by atoms with van der Waals surface area (Å²) in [6.45, 7) is 1.97. The van der Waals surface area contributed by atoms with Gasteiger partial charge in [0.1, 0.15) is 12.6 Å². The molecule has 8 nitrogen and oxygen atoms in total. The van der Waals surface area contributed by atoms with Gasteiger partial charge in [-0.15, -0.1) is 0 Å². The van der Waals surface area contributed by atoms with E-state index in [0.29, 0.717) is 11.3 Å². The van der Waals surface area contributed by atoms with E-state index in [-0.39, 0.29) is 18.7 Å². The number of nitrogens with zero attached hydrogens (tertiary/aromatic N) is 1. The smallest absolute Gasteiger partial charge is 0.408 e. The molecule has 1 atom stereocenters. The Bertz CT molecular complexity index is 1080. The van der Waals surface area contributed by atoms with E-state index in [2.05, 4.69) is 10.6 Å². The molecule has 0 aromatic heterocycles. The topological polar surface area (TPSA) is 111 Å². The number of non-ortho nitro benzene ring substituents is 1. The number of aryl methyl sites for hydroxylation is 1. The monoisotopic (exact) mass is 433 g/mol. The van der Waals surface area contributed by atoms with Crippen LogP contribution in [0.5, 0.6) is 0 Å². The second kappa shape index (κ2) is 10.7. The summed E-state index contributed by atoms with van der Waals surface area (Å²) < 4.78 is 5.25. The van der Waals surface area contributed by atoms with Crippen molar-refractivity contribution >= 4 is 23.4 Å². The molecule has 8 heteroatoms.